The van der Waals surface area contributed by atoms with Crippen LogP contribution in [0.3, 0.4) is 0 Å². The van der Waals surface area contributed by atoms with E-state index in [1.807, 2.05) is 13.8 Å². The number of carbonyl (C=O) groups is 1. The summed E-state index contributed by atoms with van der Waals surface area (Å²) in [4.78, 5) is 12.6. The van der Waals surface area contributed by atoms with E-state index in [1.54, 1.807) is 25.3 Å². The van der Waals surface area contributed by atoms with E-state index >= 15 is 0 Å². The van der Waals surface area contributed by atoms with Gasteiger partial charge in [0, 0.05) is 24.3 Å². The highest BCUT2D eigenvalue weighted by Gasteiger charge is 2.21. The van der Waals surface area contributed by atoms with Crippen molar-refractivity contribution >= 4 is 21.6 Å². The number of sulfonamides is 1. The van der Waals surface area contributed by atoms with Crippen LogP contribution in [0.5, 0.6) is 5.75 Å². The van der Waals surface area contributed by atoms with Crippen molar-refractivity contribution in [3.05, 3.63) is 59.4 Å². The number of carbonyl (C=O) groups excluding carboxylic acids is 1. The molecule has 1 atom stereocenters. The first-order valence-electron chi connectivity index (χ1n) is 9.44. The minimum atomic E-state index is -3.68. The van der Waals surface area contributed by atoms with E-state index in [1.165, 1.54) is 24.3 Å². The molecule has 0 aromatic heterocycles. The summed E-state index contributed by atoms with van der Waals surface area (Å²) < 4.78 is 49.9. The summed E-state index contributed by atoms with van der Waals surface area (Å²) in [5.74, 6) is -0.308. The van der Waals surface area contributed by atoms with Crippen LogP contribution >= 0.6 is 0 Å². The van der Waals surface area contributed by atoms with Crippen molar-refractivity contribution in [1.82, 2.24) is 5.32 Å². The number of ether oxygens (including phenoxy) is 2. The molecule has 0 aliphatic rings. The number of nitrogens with zero attached hydrogens (tertiary/aromatic N) is 1. The molecule has 1 amide bonds. The second-order valence-corrected chi connectivity index (χ2v) is 8.74. The maximum atomic E-state index is 13.3. The molecule has 0 aliphatic heterocycles. The zero-order valence-electron chi connectivity index (χ0n) is 17.5. The van der Waals surface area contributed by atoms with Crippen LogP contribution in [0.2, 0.25) is 0 Å². The lowest BCUT2D eigenvalue weighted by molar-refractivity contribution is 0.0905. The van der Waals surface area contributed by atoms with E-state index < -0.39 is 15.8 Å². The number of hydrogen-bond acceptors (Lipinski definition) is 5. The Hall–Kier alpha value is -2.65. The number of methoxy groups -OCH3 is 1. The summed E-state index contributed by atoms with van der Waals surface area (Å²) in [6.07, 6.45) is 1.07. The molecule has 7 nitrogen and oxygen atoms in total. The molecule has 0 heterocycles. The standard InChI is InChI=1S/C21H27FN2O5S/c1-5-29-20-11-6-16(21(25)23-15(2)14-28-3)12-17(20)13-24(30(4,26)27)19-9-7-18(22)8-10-19/h6-12,15H,5,13-14H2,1-4H3,(H,23,25). The molecule has 0 aliphatic carbocycles. The first-order valence-corrected chi connectivity index (χ1v) is 11.3. The first kappa shape index (κ1) is 23.6. The lowest BCUT2D eigenvalue weighted by Crippen LogP contribution is -2.35. The van der Waals surface area contributed by atoms with Gasteiger partial charge in [-0.25, -0.2) is 12.8 Å². The normalized spacial score (nSPS) is 12.3. The monoisotopic (exact) mass is 438 g/mol. The minimum Gasteiger partial charge on any atom is -0.494 e. The van der Waals surface area contributed by atoms with Crippen LogP contribution < -0.4 is 14.4 Å². The van der Waals surface area contributed by atoms with Gasteiger partial charge >= 0.3 is 0 Å². The molecule has 0 spiro atoms. The topological polar surface area (TPSA) is 84.9 Å². The van der Waals surface area contributed by atoms with E-state index in [0.717, 1.165) is 10.6 Å². The van der Waals surface area contributed by atoms with Gasteiger partial charge in [-0.3, -0.25) is 9.10 Å². The largest absolute Gasteiger partial charge is 0.494 e. The molecule has 2 aromatic carbocycles. The second-order valence-electron chi connectivity index (χ2n) is 6.83. The van der Waals surface area contributed by atoms with Crippen molar-refractivity contribution in [2.45, 2.75) is 26.4 Å². The molecule has 0 radical (unpaired) electrons. The Kier molecular flexibility index (Phi) is 8.19. The molecule has 0 fully saturated rings. The minimum absolute atomic E-state index is 0.0749. The Balaban J connectivity index is 2.40. The Bertz CT molecular complexity index is 964. The average Bonchev–Trinajstić information content (AvgIpc) is 2.67. The van der Waals surface area contributed by atoms with Gasteiger partial charge in [-0.05, 0) is 56.3 Å². The van der Waals surface area contributed by atoms with Crippen molar-refractivity contribution in [3.8, 4) is 5.75 Å². The zero-order valence-corrected chi connectivity index (χ0v) is 18.3. The third-order valence-corrected chi connectivity index (χ3v) is 5.39. The predicted octanol–water partition coefficient (Wildman–Crippen LogP) is 2.96. The number of anilines is 1. The van der Waals surface area contributed by atoms with Crippen molar-refractivity contribution in [2.24, 2.45) is 0 Å². The van der Waals surface area contributed by atoms with Gasteiger partial charge in [0.2, 0.25) is 10.0 Å². The molecule has 9 heteroatoms. The van der Waals surface area contributed by atoms with Crippen LogP contribution in [0.4, 0.5) is 10.1 Å². The summed E-state index contributed by atoms with van der Waals surface area (Å²) in [5, 5.41) is 2.82. The number of hydrogen-bond donors (Lipinski definition) is 1. The van der Waals surface area contributed by atoms with E-state index in [2.05, 4.69) is 5.32 Å². The van der Waals surface area contributed by atoms with Crippen LogP contribution in [0, 0.1) is 5.82 Å². The van der Waals surface area contributed by atoms with Gasteiger partial charge in [0.1, 0.15) is 11.6 Å². The Morgan fingerprint density at radius 1 is 1.20 bits per heavy atom. The quantitative estimate of drug-likeness (QED) is 0.617. The van der Waals surface area contributed by atoms with Gasteiger partial charge in [0.25, 0.3) is 5.91 Å². The highest BCUT2D eigenvalue weighted by Crippen LogP contribution is 2.27. The highest BCUT2D eigenvalue weighted by atomic mass is 32.2. The molecular formula is C21H27FN2O5S. The summed E-state index contributed by atoms with van der Waals surface area (Å²) in [6, 6.07) is 9.83. The first-order chi connectivity index (χ1) is 14.2. The Morgan fingerprint density at radius 3 is 2.43 bits per heavy atom. The smallest absolute Gasteiger partial charge is 0.251 e. The van der Waals surface area contributed by atoms with Gasteiger partial charge in [-0.15, -0.1) is 0 Å². The summed E-state index contributed by atoms with van der Waals surface area (Å²) >= 11 is 0. The van der Waals surface area contributed by atoms with Crippen molar-refractivity contribution in [2.75, 3.05) is 30.9 Å². The molecule has 0 saturated heterocycles. The average molecular weight is 439 g/mol. The number of halogens is 1. The van der Waals surface area contributed by atoms with Gasteiger partial charge in [0.15, 0.2) is 0 Å². The van der Waals surface area contributed by atoms with Crippen LogP contribution in [-0.2, 0) is 21.3 Å². The van der Waals surface area contributed by atoms with E-state index in [9.17, 15) is 17.6 Å². The third-order valence-electron chi connectivity index (χ3n) is 4.25. The molecule has 0 saturated carbocycles. The van der Waals surface area contributed by atoms with E-state index in [4.69, 9.17) is 9.47 Å². The molecule has 1 unspecified atom stereocenters. The molecule has 2 rings (SSSR count). The maximum Gasteiger partial charge on any atom is 0.251 e. The lowest BCUT2D eigenvalue weighted by Gasteiger charge is -2.24. The fraction of sp³-hybridized carbons (Fsp3) is 0.381. The van der Waals surface area contributed by atoms with Crippen molar-refractivity contribution in [3.63, 3.8) is 0 Å². The fourth-order valence-electron chi connectivity index (χ4n) is 2.90. The maximum absolute atomic E-state index is 13.3. The van der Waals surface area contributed by atoms with Gasteiger partial charge in [-0.1, -0.05) is 0 Å². The molecule has 164 valence electrons. The summed E-state index contributed by atoms with van der Waals surface area (Å²) in [7, 11) is -2.13. The van der Waals surface area contributed by atoms with Crippen LogP contribution in [-0.4, -0.2) is 46.9 Å². The highest BCUT2D eigenvalue weighted by molar-refractivity contribution is 7.92. The number of amides is 1. The third kappa shape index (κ3) is 6.43. The lowest BCUT2D eigenvalue weighted by atomic mass is 10.1. The molecule has 2 aromatic rings. The van der Waals surface area contributed by atoms with Gasteiger partial charge < -0.3 is 14.8 Å². The van der Waals surface area contributed by atoms with Crippen LogP contribution in [0.15, 0.2) is 42.5 Å². The van der Waals surface area contributed by atoms with E-state index in [0.29, 0.717) is 35.8 Å². The predicted molar refractivity (Wildman–Crippen MR) is 114 cm³/mol. The Morgan fingerprint density at radius 2 is 1.87 bits per heavy atom. The number of rotatable bonds is 10. The van der Waals surface area contributed by atoms with Gasteiger partial charge in [-0.2, -0.15) is 0 Å². The van der Waals surface area contributed by atoms with E-state index in [-0.39, 0.29) is 18.5 Å². The van der Waals surface area contributed by atoms with Gasteiger partial charge in [0.05, 0.1) is 31.7 Å². The molecule has 30 heavy (non-hydrogen) atoms. The SMILES string of the molecule is CCOc1ccc(C(=O)NC(C)COC)cc1CN(c1ccc(F)cc1)S(C)(=O)=O. The fourth-order valence-corrected chi connectivity index (χ4v) is 3.78. The summed E-state index contributed by atoms with van der Waals surface area (Å²) in [5.41, 5.74) is 1.19. The summed E-state index contributed by atoms with van der Waals surface area (Å²) in [6.45, 7) is 4.29. The van der Waals surface area contributed by atoms with Crippen LogP contribution in [0.25, 0.3) is 0 Å². The molecule has 0 bridgehead atoms. The van der Waals surface area contributed by atoms with Crippen LogP contribution in [0.1, 0.15) is 29.8 Å². The second kappa shape index (κ2) is 10.4. The number of nitrogens with one attached hydrogen (secondary N) is 1. The van der Waals surface area contributed by atoms with Crippen molar-refractivity contribution < 1.29 is 27.1 Å². The zero-order chi connectivity index (χ0) is 22.3. The number of benzene rings is 2. The molecular weight excluding hydrogens is 411 g/mol. The van der Waals surface area contributed by atoms with Crippen molar-refractivity contribution in [1.29, 1.82) is 0 Å². The molecule has 1 N–H and O–H groups in total. The Labute approximate surface area is 176 Å².